The van der Waals surface area contributed by atoms with Gasteiger partial charge in [-0.3, -0.25) is 19.8 Å². The SMILES string of the molecule is CCOc1ccc(N2C(=O)C(=Cc3cc(Br)c(OCc4ccc(C(=O)O)cc4)c(Br)c3)C(=O)NC2=S)cc1. The van der Waals surface area contributed by atoms with E-state index in [2.05, 4.69) is 37.2 Å². The number of carbonyl (C=O) groups is 3. The van der Waals surface area contributed by atoms with Crippen LogP contribution in [0.5, 0.6) is 11.5 Å². The molecule has 194 valence electrons. The molecule has 1 fully saturated rings. The summed E-state index contributed by atoms with van der Waals surface area (Å²) in [5.41, 5.74) is 1.96. The lowest BCUT2D eigenvalue weighted by Gasteiger charge is -2.29. The van der Waals surface area contributed by atoms with Crippen molar-refractivity contribution in [1.29, 1.82) is 0 Å². The van der Waals surface area contributed by atoms with Crippen molar-refractivity contribution in [2.75, 3.05) is 11.5 Å². The van der Waals surface area contributed by atoms with Gasteiger partial charge in [0.25, 0.3) is 11.8 Å². The maximum Gasteiger partial charge on any atom is 0.335 e. The number of ether oxygens (including phenoxy) is 2. The van der Waals surface area contributed by atoms with Crippen molar-refractivity contribution in [2.45, 2.75) is 13.5 Å². The lowest BCUT2D eigenvalue weighted by atomic mass is 10.1. The summed E-state index contributed by atoms with van der Waals surface area (Å²) in [4.78, 5) is 38.3. The minimum atomic E-state index is -0.998. The lowest BCUT2D eigenvalue weighted by molar-refractivity contribution is -0.122. The summed E-state index contributed by atoms with van der Waals surface area (Å²) in [7, 11) is 0. The standard InChI is InChI=1S/C27H20Br2N2O6S/c1-2-36-19-9-7-18(8-10-19)31-25(33)20(24(32)30-27(31)38)11-16-12-21(28)23(22(29)13-16)37-14-15-3-5-17(6-4-15)26(34)35/h3-13H,2,14H2,1H3,(H,34,35)(H,30,32,38). The number of carbonyl (C=O) groups excluding carboxylic acids is 2. The Morgan fingerprint density at radius 2 is 1.66 bits per heavy atom. The van der Waals surface area contributed by atoms with E-state index in [1.807, 2.05) is 6.92 Å². The number of carboxylic acids is 1. The smallest absolute Gasteiger partial charge is 0.335 e. The van der Waals surface area contributed by atoms with Crippen LogP contribution in [0.2, 0.25) is 0 Å². The van der Waals surface area contributed by atoms with E-state index in [0.29, 0.717) is 38.3 Å². The number of rotatable bonds is 8. The summed E-state index contributed by atoms with van der Waals surface area (Å²) >= 11 is 12.2. The van der Waals surface area contributed by atoms with Crippen molar-refractivity contribution in [3.63, 3.8) is 0 Å². The molecule has 0 radical (unpaired) electrons. The lowest BCUT2D eigenvalue weighted by Crippen LogP contribution is -2.54. The number of amides is 2. The first-order valence-electron chi connectivity index (χ1n) is 11.3. The van der Waals surface area contributed by atoms with E-state index >= 15 is 0 Å². The second kappa shape index (κ2) is 11.9. The molecule has 11 heteroatoms. The molecule has 0 unspecified atom stereocenters. The van der Waals surface area contributed by atoms with Gasteiger partial charge in [0, 0.05) is 0 Å². The second-order valence-electron chi connectivity index (χ2n) is 7.99. The Bertz CT molecular complexity index is 1430. The number of nitrogens with one attached hydrogen (secondary N) is 1. The van der Waals surface area contributed by atoms with Gasteiger partial charge in [-0.05, 0) is 117 Å². The van der Waals surface area contributed by atoms with Crippen molar-refractivity contribution in [1.82, 2.24) is 5.32 Å². The van der Waals surface area contributed by atoms with Crippen LogP contribution >= 0.6 is 44.1 Å². The van der Waals surface area contributed by atoms with Crippen LogP contribution in [0.1, 0.15) is 28.4 Å². The molecule has 0 spiro atoms. The Morgan fingerprint density at radius 1 is 1.03 bits per heavy atom. The third-order valence-electron chi connectivity index (χ3n) is 5.42. The number of aromatic carboxylic acids is 1. The van der Waals surface area contributed by atoms with Crippen molar-refractivity contribution in [2.24, 2.45) is 0 Å². The maximum atomic E-state index is 13.3. The molecule has 38 heavy (non-hydrogen) atoms. The highest BCUT2D eigenvalue weighted by atomic mass is 79.9. The Labute approximate surface area is 240 Å². The summed E-state index contributed by atoms with van der Waals surface area (Å²) in [6.07, 6.45) is 1.48. The van der Waals surface area contributed by atoms with Gasteiger partial charge >= 0.3 is 5.97 Å². The first-order chi connectivity index (χ1) is 18.2. The third kappa shape index (κ3) is 6.12. The van der Waals surface area contributed by atoms with Crippen LogP contribution in [0.3, 0.4) is 0 Å². The maximum absolute atomic E-state index is 13.3. The fourth-order valence-corrected chi connectivity index (χ4v) is 5.35. The quantitative estimate of drug-likeness (QED) is 0.181. The number of nitrogens with zero attached hydrogens (tertiary/aromatic N) is 1. The van der Waals surface area contributed by atoms with Crippen LogP contribution in [0.25, 0.3) is 6.08 Å². The Balaban J connectivity index is 1.55. The van der Waals surface area contributed by atoms with Crippen molar-refractivity contribution in [3.05, 3.63) is 91.9 Å². The fourth-order valence-electron chi connectivity index (χ4n) is 3.62. The highest BCUT2D eigenvalue weighted by molar-refractivity contribution is 9.11. The predicted molar refractivity (Wildman–Crippen MR) is 153 cm³/mol. The van der Waals surface area contributed by atoms with Crippen LogP contribution < -0.4 is 19.7 Å². The molecule has 0 bridgehead atoms. The van der Waals surface area contributed by atoms with E-state index in [4.69, 9.17) is 26.8 Å². The zero-order valence-corrected chi connectivity index (χ0v) is 23.9. The Morgan fingerprint density at radius 3 is 2.24 bits per heavy atom. The molecule has 3 aromatic carbocycles. The summed E-state index contributed by atoms with van der Waals surface area (Å²) in [5.74, 6) is -0.992. The van der Waals surface area contributed by atoms with Gasteiger partial charge < -0.3 is 14.6 Å². The van der Waals surface area contributed by atoms with Crippen molar-refractivity contribution in [3.8, 4) is 11.5 Å². The molecule has 1 heterocycles. The molecule has 0 atom stereocenters. The first-order valence-corrected chi connectivity index (χ1v) is 13.3. The van der Waals surface area contributed by atoms with Gasteiger partial charge in [0.15, 0.2) is 5.11 Å². The highest BCUT2D eigenvalue weighted by Crippen LogP contribution is 2.36. The number of benzene rings is 3. The third-order valence-corrected chi connectivity index (χ3v) is 6.89. The number of hydrogen-bond donors (Lipinski definition) is 2. The minimum Gasteiger partial charge on any atom is -0.494 e. The molecule has 2 amide bonds. The van der Waals surface area contributed by atoms with E-state index in [9.17, 15) is 14.4 Å². The second-order valence-corrected chi connectivity index (χ2v) is 10.1. The van der Waals surface area contributed by atoms with Gasteiger partial charge in [-0.15, -0.1) is 0 Å². The van der Waals surface area contributed by atoms with Gasteiger partial charge in [-0.1, -0.05) is 12.1 Å². The Kier molecular flexibility index (Phi) is 8.60. The largest absolute Gasteiger partial charge is 0.494 e. The molecule has 1 saturated heterocycles. The van der Waals surface area contributed by atoms with Crippen molar-refractivity contribution < 1.29 is 29.0 Å². The summed E-state index contributed by atoms with van der Waals surface area (Å²) in [6, 6.07) is 16.6. The van der Waals surface area contributed by atoms with Gasteiger partial charge in [-0.2, -0.15) is 0 Å². The summed E-state index contributed by atoms with van der Waals surface area (Å²) in [6.45, 7) is 2.59. The number of halogens is 2. The number of carboxylic acid groups (broad SMARTS) is 1. The average molecular weight is 660 g/mol. The number of hydrogen-bond acceptors (Lipinski definition) is 6. The molecule has 4 rings (SSSR count). The van der Waals surface area contributed by atoms with E-state index < -0.39 is 17.8 Å². The molecule has 1 aliphatic rings. The molecule has 3 aromatic rings. The van der Waals surface area contributed by atoms with Gasteiger partial charge in [0.05, 0.1) is 26.8 Å². The monoisotopic (exact) mass is 658 g/mol. The summed E-state index contributed by atoms with van der Waals surface area (Å²) < 4.78 is 12.5. The van der Waals surface area contributed by atoms with E-state index in [1.165, 1.54) is 23.1 Å². The molecule has 0 aliphatic carbocycles. The normalized spacial score (nSPS) is 14.4. The average Bonchev–Trinajstić information content (AvgIpc) is 2.87. The Hall–Kier alpha value is -3.54. The number of thiocarbonyl (C=S) groups is 1. The van der Waals surface area contributed by atoms with Gasteiger partial charge in [-0.25, -0.2) is 4.79 Å². The summed E-state index contributed by atoms with van der Waals surface area (Å²) in [5, 5.41) is 11.6. The molecule has 1 aliphatic heterocycles. The van der Waals surface area contributed by atoms with Gasteiger partial charge in [0.2, 0.25) is 0 Å². The van der Waals surface area contributed by atoms with Crippen LogP contribution in [0.4, 0.5) is 5.69 Å². The van der Waals surface area contributed by atoms with Crippen LogP contribution in [0.15, 0.2) is 75.2 Å². The highest BCUT2D eigenvalue weighted by Gasteiger charge is 2.34. The molecule has 8 nitrogen and oxygen atoms in total. The van der Waals surface area contributed by atoms with E-state index in [-0.39, 0.29) is 22.9 Å². The van der Waals surface area contributed by atoms with Gasteiger partial charge in [0.1, 0.15) is 23.7 Å². The number of anilines is 1. The fraction of sp³-hybridized carbons (Fsp3) is 0.111. The molecular formula is C27H20Br2N2O6S. The van der Waals surface area contributed by atoms with Crippen LogP contribution in [0, 0.1) is 0 Å². The van der Waals surface area contributed by atoms with E-state index in [1.54, 1.807) is 48.5 Å². The zero-order valence-electron chi connectivity index (χ0n) is 19.9. The molecular weight excluding hydrogens is 640 g/mol. The zero-order chi connectivity index (χ0) is 27.4. The predicted octanol–water partition coefficient (Wildman–Crippen LogP) is 5.72. The minimum absolute atomic E-state index is 0.0104. The van der Waals surface area contributed by atoms with E-state index in [0.717, 1.165) is 5.56 Å². The van der Waals surface area contributed by atoms with Crippen LogP contribution in [-0.2, 0) is 16.2 Å². The first kappa shape index (κ1) is 27.5. The molecule has 2 N–H and O–H groups in total. The van der Waals surface area contributed by atoms with Crippen molar-refractivity contribution >= 4 is 78.7 Å². The molecule has 0 aromatic heterocycles. The topological polar surface area (TPSA) is 105 Å². The van der Waals surface area contributed by atoms with Crippen LogP contribution in [-0.4, -0.2) is 34.6 Å². The molecule has 0 saturated carbocycles.